The number of hydrogen-bond acceptors (Lipinski definition) is 4. The fourth-order valence-corrected chi connectivity index (χ4v) is 3.33. The van der Waals surface area contributed by atoms with E-state index in [9.17, 15) is 9.59 Å². The molecule has 0 spiro atoms. The van der Waals surface area contributed by atoms with E-state index in [0.717, 1.165) is 10.6 Å². The van der Waals surface area contributed by atoms with Crippen molar-refractivity contribution in [2.24, 2.45) is 0 Å². The quantitative estimate of drug-likeness (QED) is 0.696. The minimum Gasteiger partial charge on any atom is -0.462 e. The van der Waals surface area contributed by atoms with Crippen LogP contribution in [-0.2, 0) is 4.74 Å². The van der Waals surface area contributed by atoms with Crippen LogP contribution in [0.15, 0.2) is 54.9 Å². The van der Waals surface area contributed by atoms with Gasteiger partial charge in [-0.1, -0.05) is 0 Å². The zero-order valence-corrected chi connectivity index (χ0v) is 14.8. The number of nitrogens with one attached hydrogen (secondary N) is 1. The number of benzene rings is 1. The predicted molar refractivity (Wildman–Crippen MR) is 98.7 cm³/mol. The van der Waals surface area contributed by atoms with E-state index in [2.05, 4.69) is 5.32 Å². The number of esters is 1. The van der Waals surface area contributed by atoms with E-state index in [4.69, 9.17) is 4.74 Å². The number of hydrogen-bond donors (Lipinski definition) is 1. The van der Waals surface area contributed by atoms with Crippen LogP contribution in [0.4, 0.5) is 5.00 Å². The van der Waals surface area contributed by atoms with Crippen molar-refractivity contribution in [3.63, 3.8) is 0 Å². The average Bonchev–Trinajstić information content (AvgIpc) is 3.25. The van der Waals surface area contributed by atoms with E-state index < -0.39 is 5.97 Å². The normalized spacial score (nSPS) is 10.5. The van der Waals surface area contributed by atoms with Gasteiger partial charge in [0.25, 0.3) is 5.91 Å². The van der Waals surface area contributed by atoms with E-state index in [1.165, 1.54) is 11.3 Å². The molecule has 25 heavy (non-hydrogen) atoms. The van der Waals surface area contributed by atoms with Crippen molar-refractivity contribution in [2.75, 3.05) is 11.9 Å². The van der Waals surface area contributed by atoms with Crippen LogP contribution in [0.3, 0.4) is 0 Å². The number of aryl methyl sites for hydroxylation is 1. The van der Waals surface area contributed by atoms with Crippen molar-refractivity contribution in [1.29, 1.82) is 0 Å². The fraction of sp³-hybridized carbons (Fsp3) is 0.158. The smallest absolute Gasteiger partial charge is 0.341 e. The Kier molecular flexibility index (Phi) is 5.00. The molecule has 2 heterocycles. The Labute approximate surface area is 149 Å². The van der Waals surface area contributed by atoms with E-state index >= 15 is 0 Å². The molecule has 0 unspecified atom stereocenters. The number of nitrogens with zero attached hydrogens (tertiary/aromatic N) is 1. The van der Waals surface area contributed by atoms with Crippen LogP contribution in [0.25, 0.3) is 5.69 Å². The largest absolute Gasteiger partial charge is 0.462 e. The molecule has 0 atom stereocenters. The van der Waals surface area contributed by atoms with Gasteiger partial charge in [-0.2, -0.15) is 0 Å². The number of thiophene rings is 1. The van der Waals surface area contributed by atoms with Gasteiger partial charge >= 0.3 is 5.97 Å². The second-order valence-corrected chi connectivity index (χ2v) is 6.67. The first kappa shape index (κ1) is 17.0. The first-order chi connectivity index (χ1) is 12.1. The van der Waals surface area contributed by atoms with E-state index in [1.54, 1.807) is 25.1 Å². The first-order valence-electron chi connectivity index (χ1n) is 7.91. The molecule has 2 aromatic heterocycles. The van der Waals surface area contributed by atoms with E-state index in [-0.39, 0.29) is 5.91 Å². The summed E-state index contributed by atoms with van der Waals surface area (Å²) in [5.41, 5.74) is 1.89. The molecule has 6 heteroatoms. The molecule has 0 saturated heterocycles. The van der Waals surface area contributed by atoms with E-state index in [1.807, 2.05) is 48.1 Å². The number of aromatic nitrogens is 1. The lowest BCUT2D eigenvalue weighted by atomic mass is 10.2. The van der Waals surface area contributed by atoms with Crippen molar-refractivity contribution in [2.45, 2.75) is 13.8 Å². The molecule has 0 bridgehead atoms. The Hall–Kier alpha value is -2.86. The van der Waals surface area contributed by atoms with Crippen molar-refractivity contribution < 1.29 is 14.3 Å². The van der Waals surface area contributed by atoms with Gasteiger partial charge in [0, 0.05) is 28.5 Å². The summed E-state index contributed by atoms with van der Waals surface area (Å²) >= 11 is 1.36. The number of ether oxygens (including phenoxy) is 1. The third-order valence-electron chi connectivity index (χ3n) is 3.61. The number of anilines is 1. The molecule has 1 amide bonds. The van der Waals surface area contributed by atoms with Gasteiger partial charge in [-0.05, 0) is 56.3 Å². The highest BCUT2D eigenvalue weighted by Gasteiger charge is 2.18. The number of carbonyl (C=O) groups is 2. The summed E-state index contributed by atoms with van der Waals surface area (Å²) in [6, 6.07) is 12.9. The molecule has 3 aromatic rings. The molecular formula is C19H18N2O3S. The summed E-state index contributed by atoms with van der Waals surface area (Å²) in [5, 5.41) is 3.32. The van der Waals surface area contributed by atoms with Gasteiger partial charge in [0.05, 0.1) is 12.2 Å². The number of rotatable bonds is 5. The van der Waals surface area contributed by atoms with Crippen LogP contribution in [0.2, 0.25) is 0 Å². The van der Waals surface area contributed by atoms with Crippen LogP contribution < -0.4 is 5.32 Å². The molecule has 128 valence electrons. The summed E-state index contributed by atoms with van der Waals surface area (Å²) in [4.78, 5) is 25.4. The lowest BCUT2D eigenvalue weighted by Gasteiger charge is -2.07. The molecule has 3 rings (SSSR count). The third-order valence-corrected chi connectivity index (χ3v) is 4.58. The SMILES string of the molecule is CCOC(=O)c1cc(C)sc1NC(=O)c1ccc(-n2cccc2)cc1. The van der Waals surface area contributed by atoms with Crippen LogP contribution >= 0.6 is 11.3 Å². The Morgan fingerprint density at radius 1 is 1.16 bits per heavy atom. The lowest BCUT2D eigenvalue weighted by Crippen LogP contribution is -2.14. The van der Waals surface area contributed by atoms with Crippen molar-refractivity contribution in [1.82, 2.24) is 4.57 Å². The van der Waals surface area contributed by atoms with Crippen LogP contribution in [0.5, 0.6) is 0 Å². The highest BCUT2D eigenvalue weighted by molar-refractivity contribution is 7.16. The zero-order chi connectivity index (χ0) is 17.8. The average molecular weight is 354 g/mol. The van der Waals surface area contributed by atoms with Gasteiger partial charge in [-0.25, -0.2) is 4.79 Å². The minimum absolute atomic E-state index is 0.258. The summed E-state index contributed by atoms with van der Waals surface area (Å²) in [7, 11) is 0. The minimum atomic E-state index is -0.426. The zero-order valence-electron chi connectivity index (χ0n) is 14.0. The highest BCUT2D eigenvalue weighted by atomic mass is 32.1. The van der Waals surface area contributed by atoms with Gasteiger partial charge < -0.3 is 14.6 Å². The van der Waals surface area contributed by atoms with Gasteiger partial charge in [0.15, 0.2) is 0 Å². The van der Waals surface area contributed by atoms with Crippen molar-refractivity contribution in [3.05, 3.63) is 70.9 Å². The molecule has 0 radical (unpaired) electrons. The molecule has 0 aliphatic rings. The topological polar surface area (TPSA) is 60.3 Å². The lowest BCUT2D eigenvalue weighted by molar-refractivity contribution is 0.0528. The fourth-order valence-electron chi connectivity index (χ4n) is 2.43. The third kappa shape index (κ3) is 3.80. The maximum Gasteiger partial charge on any atom is 0.341 e. The van der Waals surface area contributed by atoms with Gasteiger partial charge in [0.1, 0.15) is 5.00 Å². The second kappa shape index (κ2) is 7.36. The van der Waals surface area contributed by atoms with Crippen molar-refractivity contribution >= 4 is 28.2 Å². The highest BCUT2D eigenvalue weighted by Crippen LogP contribution is 2.28. The number of amides is 1. The molecular weight excluding hydrogens is 336 g/mol. The Morgan fingerprint density at radius 3 is 2.48 bits per heavy atom. The molecule has 1 N–H and O–H groups in total. The van der Waals surface area contributed by atoms with E-state index in [0.29, 0.717) is 22.7 Å². The second-order valence-electron chi connectivity index (χ2n) is 5.41. The molecule has 0 aliphatic heterocycles. The molecule has 0 aliphatic carbocycles. The summed E-state index contributed by atoms with van der Waals surface area (Å²) in [5.74, 6) is -0.684. The Morgan fingerprint density at radius 2 is 1.84 bits per heavy atom. The Balaban J connectivity index is 1.77. The molecule has 1 aromatic carbocycles. The summed E-state index contributed by atoms with van der Waals surface area (Å²) < 4.78 is 7.00. The summed E-state index contributed by atoms with van der Waals surface area (Å²) in [6.45, 7) is 3.93. The monoisotopic (exact) mass is 354 g/mol. The van der Waals surface area contributed by atoms with Crippen molar-refractivity contribution in [3.8, 4) is 5.69 Å². The molecule has 5 nitrogen and oxygen atoms in total. The predicted octanol–water partition coefficient (Wildman–Crippen LogP) is 4.28. The Bertz CT molecular complexity index is 880. The maximum atomic E-state index is 12.5. The van der Waals surface area contributed by atoms with Gasteiger partial charge in [0.2, 0.25) is 0 Å². The van der Waals surface area contributed by atoms with Crippen LogP contribution in [0.1, 0.15) is 32.5 Å². The summed E-state index contributed by atoms with van der Waals surface area (Å²) in [6.07, 6.45) is 3.88. The van der Waals surface area contributed by atoms with Gasteiger partial charge in [-0.3, -0.25) is 4.79 Å². The van der Waals surface area contributed by atoms with Crippen LogP contribution in [0, 0.1) is 6.92 Å². The maximum absolute atomic E-state index is 12.5. The standard InChI is InChI=1S/C19H18N2O3S/c1-3-24-19(23)16-12-13(2)25-18(16)20-17(22)14-6-8-15(9-7-14)21-10-4-5-11-21/h4-12H,3H2,1-2H3,(H,20,22). The molecule has 0 fully saturated rings. The van der Waals surface area contributed by atoms with Crippen LogP contribution in [-0.4, -0.2) is 23.1 Å². The molecule has 0 saturated carbocycles. The van der Waals surface area contributed by atoms with Gasteiger partial charge in [-0.15, -0.1) is 11.3 Å². The first-order valence-corrected chi connectivity index (χ1v) is 8.72. The number of carbonyl (C=O) groups excluding carboxylic acids is 2.